The lowest BCUT2D eigenvalue weighted by molar-refractivity contribution is 0.607. The number of nitrogens with zero attached hydrogens (tertiary/aromatic N) is 5. The number of aromatic nitrogens is 5. The van der Waals surface area contributed by atoms with Gasteiger partial charge in [-0.15, -0.1) is 11.5 Å². The lowest BCUT2D eigenvalue weighted by Crippen LogP contribution is -2.24. The second-order valence-corrected chi connectivity index (χ2v) is 4.43. The van der Waals surface area contributed by atoms with E-state index >= 15 is 0 Å². The lowest BCUT2D eigenvalue weighted by Gasteiger charge is -2.09. The summed E-state index contributed by atoms with van der Waals surface area (Å²) < 4.78 is 3.32. The maximum absolute atomic E-state index is 11.9. The minimum absolute atomic E-state index is 0.149. The second-order valence-electron chi connectivity index (χ2n) is 3.63. The molecule has 2 aromatic heterocycles. The molecule has 19 heavy (non-hydrogen) atoms. The largest absolute Gasteiger partial charge is 0.381 e. The fraction of sp³-hybridized carbons (Fsp3) is 0.273. The van der Waals surface area contributed by atoms with E-state index in [9.17, 15) is 4.79 Å². The summed E-state index contributed by atoms with van der Waals surface area (Å²) in [6.45, 7) is 1.39. The summed E-state index contributed by atoms with van der Waals surface area (Å²) in [5.74, 6) is 2.37. The fourth-order valence-corrected chi connectivity index (χ4v) is 1.89. The fourth-order valence-electron chi connectivity index (χ4n) is 1.44. The summed E-state index contributed by atoms with van der Waals surface area (Å²) in [7, 11) is 0. The predicted molar refractivity (Wildman–Crippen MR) is 73.5 cm³/mol. The Morgan fingerprint density at radius 3 is 3.05 bits per heavy atom. The van der Waals surface area contributed by atoms with Crippen LogP contribution in [0.2, 0.25) is 0 Å². The Labute approximate surface area is 117 Å². The van der Waals surface area contributed by atoms with Crippen molar-refractivity contribution in [2.75, 3.05) is 11.9 Å². The maximum Gasteiger partial charge on any atom is 0.284 e. The molecule has 1 N–H and O–H groups in total. The van der Waals surface area contributed by atoms with Gasteiger partial charge in [0.1, 0.15) is 11.0 Å². The Hall–Kier alpha value is -2.14. The highest BCUT2D eigenvalue weighted by atomic mass is 79.9. The van der Waals surface area contributed by atoms with E-state index in [1.165, 1.54) is 4.68 Å². The molecule has 2 rings (SSSR count). The molecule has 8 heteroatoms. The maximum atomic E-state index is 11.9. The van der Waals surface area contributed by atoms with Crippen LogP contribution in [0.3, 0.4) is 0 Å². The molecule has 7 nitrogen and oxygen atoms in total. The van der Waals surface area contributed by atoms with Crippen molar-refractivity contribution in [3.05, 3.63) is 33.4 Å². The van der Waals surface area contributed by atoms with E-state index in [1.54, 1.807) is 23.3 Å². The van der Waals surface area contributed by atoms with Crippen molar-refractivity contribution in [3.63, 3.8) is 0 Å². The van der Waals surface area contributed by atoms with E-state index in [0.29, 0.717) is 23.2 Å². The first-order valence-corrected chi connectivity index (χ1v) is 6.28. The zero-order chi connectivity index (χ0) is 13.7. The van der Waals surface area contributed by atoms with Gasteiger partial charge in [-0.2, -0.15) is 5.10 Å². The molecule has 2 aromatic rings. The van der Waals surface area contributed by atoms with Gasteiger partial charge in [0.2, 0.25) is 0 Å². The normalized spacial score (nSPS) is 10.1. The summed E-state index contributed by atoms with van der Waals surface area (Å²) in [4.78, 5) is 11.9. The van der Waals surface area contributed by atoms with Crippen molar-refractivity contribution in [3.8, 4) is 12.3 Å². The number of nitrogens with one attached hydrogen (secondary N) is 1. The van der Waals surface area contributed by atoms with Gasteiger partial charge in [-0.1, -0.05) is 11.1 Å². The van der Waals surface area contributed by atoms with Gasteiger partial charge in [0.15, 0.2) is 0 Å². The van der Waals surface area contributed by atoms with Gasteiger partial charge in [-0.05, 0) is 15.9 Å². The van der Waals surface area contributed by atoms with Crippen LogP contribution in [0.4, 0.5) is 5.69 Å². The Bertz CT molecular complexity index is 642. The number of rotatable bonds is 5. The number of terminal acetylenes is 1. The third kappa shape index (κ3) is 3.20. The van der Waals surface area contributed by atoms with Crippen LogP contribution in [0.25, 0.3) is 0 Å². The molecule has 0 bridgehead atoms. The molecule has 0 aliphatic rings. The van der Waals surface area contributed by atoms with Gasteiger partial charge < -0.3 is 5.32 Å². The first-order chi connectivity index (χ1) is 9.22. The van der Waals surface area contributed by atoms with E-state index in [-0.39, 0.29) is 12.1 Å². The van der Waals surface area contributed by atoms with Crippen LogP contribution in [-0.4, -0.2) is 31.3 Å². The molecule has 0 radical (unpaired) electrons. The monoisotopic (exact) mass is 322 g/mol. The highest BCUT2D eigenvalue weighted by Gasteiger charge is 2.07. The minimum Gasteiger partial charge on any atom is -0.381 e. The molecule has 0 amide bonds. The van der Waals surface area contributed by atoms with Crippen molar-refractivity contribution in [2.24, 2.45) is 0 Å². The zero-order valence-corrected chi connectivity index (χ0v) is 11.5. The molecule has 2 heterocycles. The van der Waals surface area contributed by atoms with Crippen LogP contribution in [0.15, 0.2) is 27.9 Å². The molecule has 0 unspecified atom stereocenters. The van der Waals surface area contributed by atoms with Crippen LogP contribution in [0, 0.1) is 12.3 Å². The summed E-state index contributed by atoms with van der Waals surface area (Å²) in [5, 5.41) is 14.6. The Morgan fingerprint density at radius 1 is 1.53 bits per heavy atom. The highest BCUT2D eigenvalue weighted by Crippen LogP contribution is 2.15. The summed E-state index contributed by atoms with van der Waals surface area (Å²) in [6.07, 6.45) is 10.1. The molecule has 0 spiro atoms. The molecule has 0 saturated carbocycles. The third-order valence-corrected chi connectivity index (χ3v) is 3.12. The van der Waals surface area contributed by atoms with Crippen molar-refractivity contribution in [1.82, 2.24) is 24.8 Å². The Morgan fingerprint density at radius 2 is 2.37 bits per heavy atom. The number of halogens is 1. The van der Waals surface area contributed by atoms with Crippen molar-refractivity contribution in [2.45, 2.75) is 13.1 Å². The molecule has 0 fully saturated rings. The SMILES string of the molecule is C#CCn1ncc(NCCn2ccnn2)c(Br)c1=O. The van der Waals surface area contributed by atoms with Crippen LogP contribution >= 0.6 is 15.9 Å². The van der Waals surface area contributed by atoms with E-state index in [4.69, 9.17) is 6.42 Å². The highest BCUT2D eigenvalue weighted by molar-refractivity contribution is 9.10. The first-order valence-electron chi connectivity index (χ1n) is 5.49. The van der Waals surface area contributed by atoms with Crippen molar-refractivity contribution < 1.29 is 0 Å². The van der Waals surface area contributed by atoms with Gasteiger partial charge in [0.05, 0.1) is 24.6 Å². The third-order valence-electron chi connectivity index (χ3n) is 2.35. The number of anilines is 1. The van der Waals surface area contributed by atoms with Crippen LogP contribution < -0.4 is 10.9 Å². The Balaban J connectivity index is 2.03. The molecular weight excluding hydrogens is 312 g/mol. The van der Waals surface area contributed by atoms with E-state index in [0.717, 1.165) is 0 Å². The second kappa shape index (κ2) is 6.15. The van der Waals surface area contributed by atoms with Gasteiger partial charge in [0.25, 0.3) is 5.56 Å². The lowest BCUT2D eigenvalue weighted by atomic mass is 10.4. The van der Waals surface area contributed by atoms with Crippen molar-refractivity contribution in [1.29, 1.82) is 0 Å². The summed E-state index contributed by atoms with van der Waals surface area (Å²) >= 11 is 3.24. The van der Waals surface area contributed by atoms with Gasteiger partial charge in [-0.3, -0.25) is 9.48 Å². The summed E-state index contributed by atoms with van der Waals surface area (Å²) in [6, 6.07) is 0. The molecule has 0 saturated heterocycles. The molecule has 0 aliphatic heterocycles. The standard InChI is InChI=1S/C11H11BrN6O/c1-2-5-18-11(19)10(12)9(8-15-18)13-3-6-17-7-4-14-16-17/h1,4,7-8,13H,3,5-6H2. The first kappa shape index (κ1) is 13.3. The molecule has 98 valence electrons. The average Bonchev–Trinajstić information content (AvgIpc) is 2.91. The summed E-state index contributed by atoms with van der Waals surface area (Å²) in [5.41, 5.74) is 0.363. The van der Waals surface area contributed by atoms with Gasteiger partial charge in [-0.25, -0.2) is 4.68 Å². The quantitative estimate of drug-likeness (QED) is 0.803. The molecular formula is C11H11BrN6O. The topological polar surface area (TPSA) is 77.6 Å². The molecule has 0 aromatic carbocycles. The molecule has 0 aliphatic carbocycles. The Kier molecular flexibility index (Phi) is 4.30. The minimum atomic E-state index is -0.260. The van der Waals surface area contributed by atoms with Gasteiger partial charge in [0, 0.05) is 12.7 Å². The molecule has 0 atom stereocenters. The van der Waals surface area contributed by atoms with E-state index in [2.05, 4.69) is 42.6 Å². The predicted octanol–water partition coefficient (Wildman–Crippen LogP) is 0.343. The van der Waals surface area contributed by atoms with E-state index < -0.39 is 0 Å². The van der Waals surface area contributed by atoms with Crippen LogP contribution in [-0.2, 0) is 13.1 Å². The smallest absolute Gasteiger partial charge is 0.284 e. The van der Waals surface area contributed by atoms with Gasteiger partial charge >= 0.3 is 0 Å². The van der Waals surface area contributed by atoms with Crippen molar-refractivity contribution >= 4 is 21.6 Å². The number of hydrogen-bond acceptors (Lipinski definition) is 5. The average molecular weight is 323 g/mol. The zero-order valence-electron chi connectivity index (χ0n) is 9.95. The van der Waals surface area contributed by atoms with Crippen LogP contribution in [0.1, 0.15) is 0 Å². The van der Waals surface area contributed by atoms with Crippen LogP contribution in [0.5, 0.6) is 0 Å². The number of hydrogen-bond donors (Lipinski definition) is 1. The van der Waals surface area contributed by atoms with E-state index in [1.807, 2.05) is 0 Å².